The number of hydrogen-bond donors (Lipinski definition) is 2. The largest absolute Gasteiger partial charge is 0.503 e. The van der Waals surface area contributed by atoms with Crippen molar-refractivity contribution in [1.29, 1.82) is 0 Å². The Bertz CT molecular complexity index is 1110. The van der Waals surface area contributed by atoms with Crippen LogP contribution in [0.4, 0.5) is 8.78 Å². The fourth-order valence-electron chi connectivity index (χ4n) is 4.64. The average molecular weight is 551 g/mol. The van der Waals surface area contributed by atoms with Crippen molar-refractivity contribution in [2.24, 2.45) is 5.92 Å². The molecule has 0 saturated carbocycles. The van der Waals surface area contributed by atoms with Gasteiger partial charge in [-0.3, -0.25) is 4.79 Å². The van der Waals surface area contributed by atoms with Crippen LogP contribution in [0.1, 0.15) is 55.6 Å². The smallest absolute Gasteiger partial charge is 0.329 e. The lowest BCUT2D eigenvalue weighted by Gasteiger charge is -2.31. The van der Waals surface area contributed by atoms with E-state index in [1.54, 1.807) is 14.0 Å². The van der Waals surface area contributed by atoms with Gasteiger partial charge in [-0.2, -0.15) is 0 Å². The van der Waals surface area contributed by atoms with Crippen molar-refractivity contribution in [2.75, 3.05) is 20.8 Å². The molecule has 214 valence electrons. The van der Waals surface area contributed by atoms with E-state index >= 15 is 0 Å². The van der Waals surface area contributed by atoms with Gasteiger partial charge in [0.15, 0.2) is 17.2 Å². The summed E-state index contributed by atoms with van der Waals surface area (Å²) in [5.74, 6) is -4.14. The standard InChI is InChI=1S/C28H36F2N2O7/c1-17-25(38-15-13-28(2,29)30)19(16-18-8-10-20(36-3)11-9-18)6-5-7-21(27(35)39-17)32-26(34)23-24(33)22(37-4)12-14-31-23/h8-12,14,17,19,21,25,33H,5-7,13,15-16H2,1-4H3,(H,32,34). The lowest BCUT2D eigenvalue weighted by atomic mass is 9.86. The Kier molecular flexibility index (Phi) is 10.4. The number of methoxy groups -OCH3 is 2. The van der Waals surface area contributed by atoms with E-state index < -0.39 is 48.2 Å². The highest BCUT2D eigenvalue weighted by atomic mass is 19.3. The number of ether oxygens (including phenoxy) is 4. The first-order valence-corrected chi connectivity index (χ1v) is 12.9. The number of esters is 1. The molecule has 1 saturated heterocycles. The molecule has 2 aromatic rings. The molecule has 11 heteroatoms. The van der Waals surface area contributed by atoms with Gasteiger partial charge in [-0.25, -0.2) is 18.6 Å². The number of amides is 1. The molecule has 2 N–H and O–H groups in total. The maximum absolute atomic E-state index is 13.5. The van der Waals surface area contributed by atoms with Gasteiger partial charge < -0.3 is 29.4 Å². The van der Waals surface area contributed by atoms with Crippen molar-refractivity contribution in [3.63, 3.8) is 0 Å². The minimum atomic E-state index is -2.89. The fraction of sp³-hybridized carbons (Fsp3) is 0.536. The minimum Gasteiger partial charge on any atom is -0.503 e. The zero-order chi connectivity index (χ0) is 28.6. The van der Waals surface area contributed by atoms with E-state index in [2.05, 4.69) is 10.3 Å². The van der Waals surface area contributed by atoms with Crippen LogP contribution in [0.5, 0.6) is 17.2 Å². The lowest BCUT2D eigenvalue weighted by molar-refractivity contribution is -0.162. The summed E-state index contributed by atoms with van der Waals surface area (Å²) in [6.45, 7) is 2.30. The molecule has 1 aliphatic rings. The van der Waals surface area contributed by atoms with E-state index in [0.29, 0.717) is 25.0 Å². The molecular formula is C28H36F2N2O7. The highest BCUT2D eigenvalue weighted by Crippen LogP contribution is 2.30. The van der Waals surface area contributed by atoms with Gasteiger partial charge in [-0.1, -0.05) is 18.6 Å². The Labute approximate surface area is 226 Å². The van der Waals surface area contributed by atoms with Crippen molar-refractivity contribution >= 4 is 11.9 Å². The average Bonchev–Trinajstić information content (AvgIpc) is 2.93. The molecule has 1 aromatic heterocycles. The second-order valence-electron chi connectivity index (χ2n) is 9.78. The summed E-state index contributed by atoms with van der Waals surface area (Å²) in [5, 5.41) is 12.9. The van der Waals surface area contributed by atoms with Crippen molar-refractivity contribution in [3.05, 3.63) is 47.8 Å². The summed E-state index contributed by atoms with van der Waals surface area (Å²) in [7, 11) is 2.92. The minimum absolute atomic E-state index is 0.0693. The molecule has 0 bridgehead atoms. The highest BCUT2D eigenvalue weighted by molar-refractivity contribution is 5.97. The van der Waals surface area contributed by atoms with E-state index in [-0.39, 0.29) is 30.4 Å². The molecule has 9 nitrogen and oxygen atoms in total. The van der Waals surface area contributed by atoms with Crippen molar-refractivity contribution < 1.29 is 42.4 Å². The molecule has 0 aliphatic carbocycles. The number of alkyl halides is 2. The number of cyclic esters (lactones) is 1. The summed E-state index contributed by atoms with van der Waals surface area (Å²) in [4.78, 5) is 29.9. The summed E-state index contributed by atoms with van der Waals surface area (Å²) in [6.07, 6.45) is 1.38. The van der Waals surface area contributed by atoms with Crippen LogP contribution in [0.2, 0.25) is 0 Å². The number of hydrogen-bond acceptors (Lipinski definition) is 8. The van der Waals surface area contributed by atoms with E-state index in [1.807, 2.05) is 24.3 Å². The van der Waals surface area contributed by atoms with Crippen LogP contribution in [0.15, 0.2) is 36.5 Å². The maximum Gasteiger partial charge on any atom is 0.329 e. The number of pyridine rings is 1. The predicted octanol–water partition coefficient (Wildman–Crippen LogP) is 4.31. The predicted molar refractivity (Wildman–Crippen MR) is 138 cm³/mol. The van der Waals surface area contributed by atoms with E-state index in [9.17, 15) is 23.5 Å². The number of carbonyl (C=O) groups is 2. The number of rotatable bonds is 10. The molecule has 0 spiro atoms. The van der Waals surface area contributed by atoms with Gasteiger partial charge in [0, 0.05) is 18.7 Å². The van der Waals surface area contributed by atoms with Crippen LogP contribution < -0.4 is 14.8 Å². The van der Waals surface area contributed by atoms with Crippen molar-refractivity contribution in [1.82, 2.24) is 10.3 Å². The summed E-state index contributed by atoms with van der Waals surface area (Å²) in [5.41, 5.74) is 0.714. The topological polar surface area (TPSA) is 116 Å². The number of aromatic hydroxyl groups is 1. The van der Waals surface area contributed by atoms with Crippen molar-refractivity contribution in [2.45, 2.75) is 70.1 Å². The van der Waals surface area contributed by atoms with Crippen LogP contribution in [0.3, 0.4) is 0 Å². The van der Waals surface area contributed by atoms with Gasteiger partial charge in [0.2, 0.25) is 5.92 Å². The number of nitrogens with one attached hydrogen (secondary N) is 1. The second-order valence-corrected chi connectivity index (χ2v) is 9.78. The van der Waals surface area contributed by atoms with Crippen LogP contribution >= 0.6 is 0 Å². The van der Waals surface area contributed by atoms with Crippen LogP contribution in [-0.4, -0.2) is 67.0 Å². The molecular weight excluding hydrogens is 514 g/mol. The Morgan fingerprint density at radius 1 is 1.18 bits per heavy atom. The molecule has 3 rings (SSSR count). The molecule has 4 unspecified atom stereocenters. The number of carbonyl (C=O) groups excluding carboxylic acids is 2. The summed E-state index contributed by atoms with van der Waals surface area (Å²) < 4.78 is 48.9. The molecule has 1 aliphatic heterocycles. The molecule has 2 heterocycles. The third kappa shape index (κ3) is 8.51. The van der Waals surface area contributed by atoms with E-state index in [0.717, 1.165) is 12.5 Å². The van der Waals surface area contributed by atoms with Gasteiger partial charge in [0.05, 0.1) is 26.9 Å². The molecule has 39 heavy (non-hydrogen) atoms. The molecule has 1 fully saturated rings. The number of halogens is 2. The lowest BCUT2D eigenvalue weighted by Crippen LogP contribution is -2.44. The van der Waals surface area contributed by atoms with Gasteiger partial charge in [0.1, 0.15) is 17.9 Å². The summed E-state index contributed by atoms with van der Waals surface area (Å²) >= 11 is 0. The molecule has 1 aromatic carbocycles. The molecule has 4 atom stereocenters. The van der Waals surface area contributed by atoms with Gasteiger partial charge in [-0.05, 0) is 56.7 Å². The van der Waals surface area contributed by atoms with Crippen LogP contribution in [-0.2, 0) is 20.7 Å². The molecule has 0 radical (unpaired) electrons. The SMILES string of the molecule is COc1ccc(CC2CCCC(NC(=O)c3nccc(OC)c3O)C(=O)OC(C)C2OCCC(C)(F)F)cc1. The van der Waals surface area contributed by atoms with Crippen LogP contribution in [0, 0.1) is 5.92 Å². The Balaban J connectivity index is 1.79. The first-order valence-electron chi connectivity index (χ1n) is 12.9. The first kappa shape index (κ1) is 30.1. The fourth-order valence-corrected chi connectivity index (χ4v) is 4.64. The van der Waals surface area contributed by atoms with E-state index in [1.165, 1.54) is 19.4 Å². The van der Waals surface area contributed by atoms with Gasteiger partial charge >= 0.3 is 5.97 Å². The quantitative estimate of drug-likeness (QED) is 0.421. The monoisotopic (exact) mass is 550 g/mol. The number of aromatic nitrogens is 1. The van der Waals surface area contributed by atoms with Gasteiger partial charge in [0.25, 0.3) is 5.91 Å². The summed E-state index contributed by atoms with van der Waals surface area (Å²) in [6, 6.07) is 7.93. The Hall–Kier alpha value is -3.47. The Morgan fingerprint density at radius 3 is 2.54 bits per heavy atom. The number of benzene rings is 1. The Morgan fingerprint density at radius 2 is 1.90 bits per heavy atom. The van der Waals surface area contributed by atoms with Crippen molar-refractivity contribution in [3.8, 4) is 17.2 Å². The third-order valence-corrected chi connectivity index (χ3v) is 6.72. The number of nitrogens with zero attached hydrogens (tertiary/aromatic N) is 1. The second kappa shape index (κ2) is 13.5. The highest BCUT2D eigenvalue weighted by Gasteiger charge is 2.36. The van der Waals surface area contributed by atoms with Crippen LogP contribution in [0.25, 0.3) is 0 Å². The first-order chi connectivity index (χ1) is 18.5. The third-order valence-electron chi connectivity index (χ3n) is 6.72. The zero-order valence-electron chi connectivity index (χ0n) is 22.6. The normalized spacial score (nSPS) is 22.2. The van der Waals surface area contributed by atoms with Gasteiger partial charge in [-0.15, -0.1) is 0 Å². The zero-order valence-corrected chi connectivity index (χ0v) is 22.6. The molecule has 1 amide bonds. The van der Waals surface area contributed by atoms with E-state index in [4.69, 9.17) is 18.9 Å². The maximum atomic E-state index is 13.5.